The van der Waals surface area contributed by atoms with Gasteiger partial charge in [-0.2, -0.15) is 0 Å². The van der Waals surface area contributed by atoms with E-state index >= 15 is 0 Å². The number of aromatic nitrogens is 2. The predicted molar refractivity (Wildman–Crippen MR) is 94.0 cm³/mol. The number of benzene rings is 1. The Morgan fingerprint density at radius 1 is 1.08 bits per heavy atom. The maximum absolute atomic E-state index is 12.6. The number of esters is 1. The van der Waals surface area contributed by atoms with Gasteiger partial charge in [-0.15, -0.1) is 0 Å². The van der Waals surface area contributed by atoms with Gasteiger partial charge in [0.05, 0.1) is 24.4 Å². The quantitative estimate of drug-likeness (QED) is 0.828. The molecular weight excluding hydrogens is 334 g/mol. The molecule has 0 aliphatic heterocycles. The highest BCUT2D eigenvalue weighted by Gasteiger charge is 2.25. The number of carbonyl (C=O) groups excluding carboxylic acids is 2. The van der Waals surface area contributed by atoms with Crippen molar-refractivity contribution in [3.63, 3.8) is 0 Å². The number of rotatable bonds is 5. The summed E-state index contributed by atoms with van der Waals surface area (Å²) < 4.78 is 10.6. The molecule has 1 N–H and O–H groups in total. The maximum Gasteiger partial charge on any atom is 0.338 e. The molecule has 0 radical (unpaired) electrons. The Morgan fingerprint density at radius 3 is 2.46 bits per heavy atom. The van der Waals surface area contributed by atoms with Crippen molar-refractivity contribution in [3.05, 3.63) is 54.0 Å². The lowest BCUT2D eigenvalue weighted by atomic mass is 9.92. The van der Waals surface area contributed by atoms with Crippen LogP contribution in [-0.2, 0) is 4.74 Å². The van der Waals surface area contributed by atoms with E-state index in [0.29, 0.717) is 11.4 Å². The second-order valence-corrected chi connectivity index (χ2v) is 6.15. The van der Waals surface area contributed by atoms with Gasteiger partial charge in [-0.3, -0.25) is 9.78 Å². The topological polar surface area (TPSA) is 90.4 Å². The van der Waals surface area contributed by atoms with Crippen molar-refractivity contribution in [3.8, 4) is 5.88 Å². The van der Waals surface area contributed by atoms with Gasteiger partial charge in [-0.05, 0) is 37.8 Å². The van der Waals surface area contributed by atoms with E-state index in [2.05, 4.69) is 15.3 Å². The van der Waals surface area contributed by atoms with Crippen LogP contribution in [0.4, 0.5) is 0 Å². The third-order valence-corrected chi connectivity index (χ3v) is 4.41. The molecule has 1 heterocycles. The van der Waals surface area contributed by atoms with E-state index < -0.39 is 5.97 Å². The van der Waals surface area contributed by atoms with Crippen molar-refractivity contribution in [2.75, 3.05) is 7.11 Å². The summed E-state index contributed by atoms with van der Waals surface area (Å²) in [5.74, 6) is -0.256. The molecule has 7 heteroatoms. The van der Waals surface area contributed by atoms with Gasteiger partial charge in [-0.25, -0.2) is 9.78 Å². The van der Waals surface area contributed by atoms with Crippen LogP contribution in [0.2, 0.25) is 0 Å². The van der Waals surface area contributed by atoms with E-state index in [1.807, 2.05) is 0 Å². The van der Waals surface area contributed by atoms with Gasteiger partial charge in [0, 0.05) is 18.4 Å². The van der Waals surface area contributed by atoms with Gasteiger partial charge in [0.25, 0.3) is 5.91 Å². The minimum absolute atomic E-state index is 0.0508. The van der Waals surface area contributed by atoms with Crippen molar-refractivity contribution < 1.29 is 19.1 Å². The summed E-state index contributed by atoms with van der Waals surface area (Å²) in [7, 11) is 1.30. The van der Waals surface area contributed by atoms with Crippen LogP contribution < -0.4 is 10.1 Å². The highest BCUT2D eigenvalue weighted by Crippen LogP contribution is 2.23. The van der Waals surface area contributed by atoms with Gasteiger partial charge in [0.2, 0.25) is 5.88 Å². The number of methoxy groups -OCH3 is 1. The minimum Gasteiger partial charge on any atom is -0.473 e. The van der Waals surface area contributed by atoms with Crippen LogP contribution >= 0.6 is 0 Å². The Labute approximate surface area is 151 Å². The number of nitrogens with one attached hydrogen (secondary N) is 1. The SMILES string of the molecule is COC(=O)c1ccccc1C(=O)NC1CCC(Oc2cnccn2)CC1. The molecule has 1 amide bonds. The Balaban J connectivity index is 1.55. The molecule has 1 aromatic heterocycles. The first kappa shape index (κ1) is 17.8. The molecular formula is C19H21N3O4. The van der Waals surface area contributed by atoms with Crippen LogP contribution in [0.3, 0.4) is 0 Å². The highest BCUT2D eigenvalue weighted by molar-refractivity contribution is 6.05. The number of hydrogen-bond donors (Lipinski definition) is 1. The smallest absolute Gasteiger partial charge is 0.338 e. The Kier molecular flexibility index (Phi) is 5.78. The summed E-state index contributed by atoms with van der Waals surface area (Å²) in [6.45, 7) is 0. The summed E-state index contributed by atoms with van der Waals surface area (Å²) in [5, 5.41) is 3.01. The van der Waals surface area contributed by atoms with Crippen molar-refractivity contribution in [2.45, 2.75) is 37.8 Å². The van der Waals surface area contributed by atoms with E-state index in [1.54, 1.807) is 42.9 Å². The molecule has 0 spiro atoms. The second-order valence-electron chi connectivity index (χ2n) is 6.15. The van der Waals surface area contributed by atoms with Crippen LogP contribution in [0.25, 0.3) is 0 Å². The summed E-state index contributed by atoms with van der Waals surface area (Å²) in [4.78, 5) is 32.5. The lowest BCUT2D eigenvalue weighted by Gasteiger charge is -2.29. The number of amides is 1. The van der Waals surface area contributed by atoms with Crippen LogP contribution in [0.1, 0.15) is 46.4 Å². The third kappa shape index (κ3) is 4.36. The first-order chi connectivity index (χ1) is 12.7. The molecule has 1 saturated carbocycles. The maximum atomic E-state index is 12.6. The van der Waals surface area contributed by atoms with Crippen molar-refractivity contribution in [1.82, 2.24) is 15.3 Å². The van der Waals surface area contributed by atoms with Crippen molar-refractivity contribution >= 4 is 11.9 Å². The van der Waals surface area contributed by atoms with E-state index in [-0.39, 0.29) is 23.6 Å². The minimum atomic E-state index is -0.517. The molecule has 2 aromatic rings. The molecule has 0 unspecified atom stereocenters. The molecule has 0 atom stereocenters. The molecule has 1 fully saturated rings. The van der Waals surface area contributed by atoms with Crippen molar-refractivity contribution in [2.24, 2.45) is 0 Å². The van der Waals surface area contributed by atoms with Gasteiger partial charge >= 0.3 is 5.97 Å². The lowest BCUT2D eigenvalue weighted by molar-refractivity contribution is 0.0595. The van der Waals surface area contributed by atoms with E-state index in [9.17, 15) is 9.59 Å². The zero-order chi connectivity index (χ0) is 18.4. The largest absolute Gasteiger partial charge is 0.473 e. The Bertz CT molecular complexity index is 758. The highest BCUT2D eigenvalue weighted by atomic mass is 16.5. The molecule has 1 aliphatic carbocycles. The van der Waals surface area contributed by atoms with E-state index in [1.165, 1.54) is 7.11 Å². The molecule has 3 rings (SSSR count). The predicted octanol–water partition coefficient (Wildman–Crippen LogP) is 2.38. The number of nitrogens with zero attached hydrogens (tertiary/aromatic N) is 2. The zero-order valence-corrected chi connectivity index (χ0v) is 14.6. The number of ether oxygens (including phenoxy) is 2. The van der Waals surface area contributed by atoms with Gasteiger partial charge in [0.1, 0.15) is 6.10 Å². The fourth-order valence-electron chi connectivity index (χ4n) is 3.07. The van der Waals surface area contributed by atoms with Crippen LogP contribution in [-0.4, -0.2) is 41.1 Å². The summed E-state index contributed by atoms with van der Waals surface area (Å²) in [6.07, 6.45) is 8.11. The van der Waals surface area contributed by atoms with Gasteiger partial charge in [-0.1, -0.05) is 12.1 Å². The Morgan fingerprint density at radius 2 is 1.81 bits per heavy atom. The van der Waals surface area contributed by atoms with Crippen LogP contribution in [0, 0.1) is 0 Å². The third-order valence-electron chi connectivity index (χ3n) is 4.41. The summed E-state index contributed by atoms with van der Waals surface area (Å²) in [5.41, 5.74) is 0.601. The molecule has 7 nitrogen and oxygen atoms in total. The normalized spacial score (nSPS) is 19.4. The van der Waals surface area contributed by atoms with Crippen LogP contribution in [0.15, 0.2) is 42.9 Å². The zero-order valence-electron chi connectivity index (χ0n) is 14.6. The molecule has 0 saturated heterocycles. The van der Waals surface area contributed by atoms with Gasteiger partial charge in [0.15, 0.2) is 0 Å². The lowest BCUT2D eigenvalue weighted by Crippen LogP contribution is -2.40. The van der Waals surface area contributed by atoms with E-state index in [0.717, 1.165) is 25.7 Å². The second kappa shape index (κ2) is 8.42. The average Bonchev–Trinajstić information content (AvgIpc) is 2.69. The average molecular weight is 355 g/mol. The Hall–Kier alpha value is -2.96. The standard InChI is InChI=1S/C19H21N3O4/c1-25-19(24)16-5-3-2-4-15(16)18(23)22-13-6-8-14(9-7-13)26-17-12-20-10-11-21-17/h2-5,10-14H,6-9H2,1H3,(H,22,23). The van der Waals surface area contributed by atoms with Crippen LogP contribution in [0.5, 0.6) is 5.88 Å². The monoisotopic (exact) mass is 355 g/mol. The number of hydrogen-bond acceptors (Lipinski definition) is 6. The molecule has 1 aromatic carbocycles. The first-order valence-electron chi connectivity index (χ1n) is 8.58. The summed E-state index contributed by atoms with van der Waals surface area (Å²) in [6, 6.07) is 6.71. The van der Waals surface area contributed by atoms with Crippen molar-refractivity contribution in [1.29, 1.82) is 0 Å². The fraction of sp³-hybridized carbons (Fsp3) is 0.368. The molecule has 136 valence electrons. The van der Waals surface area contributed by atoms with E-state index in [4.69, 9.17) is 9.47 Å². The number of carbonyl (C=O) groups is 2. The first-order valence-corrected chi connectivity index (χ1v) is 8.58. The van der Waals surface area contributed by atoms with Gasteiger partial charge < -0.3 is 14.8 Å². The molecule has 0 bridgehead atoms. The molecule has 1 aliphatic rings. The fourth-order valence-corrected chi connectivity index (χ4v) is 3.07. The molecule has 26 heavy (non-hydrogen) atoms. The summed E-state index contributed by atoms with van der Waals surface area (Å²) >= 11 is 0.